The van der Waals surface area contributed by atoms with Crippen LogP contribution in [0.3, 0.4) is 0 Å². The molecule has 3 nitrogen and oxygen atoms in total. The van der Waals surface area contributed by atoms with Gasteiger partial charge in [0, 0.05) is 5.92 Å². The van der Waals surface area contributed by atoms with Crippen molar-refractivity contribution in [1.82, 2.24) is 5.43 Å². The van der Waals surface area contributed by atoms with Gasteiger partial charge in [0.15, 0.2) is 0 Å². The first kappa shape index (κ1) is 7.40. The van der Waals surface area contributed by atoms with Crippen molar-refractivity contribution >= 4 is 5.91 Å². The Bertz CT molecular complexity index is 171. The normalized spacial score (nSPS) is 35.2. The summed E-state index contributed by atoms with van der Waals surface area (Å²) in [5.74, 6) is -1.04. The van der Waals surface area contributed by atoms with Crippen LogP contribution in [0.25, 0.3) is 0 Å². The monoisotopic (exact) mass is 150 g/mol. The van der Waals surface area contributed by atoms with Crippen molar-refractivity contribution in [2.75, 3.05) is 0 Å². The molecule has 0 aromatic rings. The Morgan fingerprint density at radius 3 is 2.20 bits per heavy atom. The molecule has 0 radical (unpaired) electrons. The fraction of sp³-hybridized carbons (Fsp3) is 0.800. The molecule has 2 unspecified atom stereocenters. The van der Waals surface area contributed by atoms with Gasteiger partial charge in [0.1, 0.15) is 5.92 Å². The van der Waals surface area contributed by atoms with Gasteiger partial charge >= 0.3 is 0 Å². The van der Waals surface area contributed by atoms with Gasteiger partial charge < -0.3 is 0 Å². The van der Waals surface area contributed by atoms with Gasteiger partial charge in [-0.1, -0.05) is 6.92 Å². The molecule has 0 spiro atoms. The van der Waals surface area contributed by atoms with Crippen LogP contribution in [0.15, 0.2) is 0 Å². The topological polar surface area (TPSA) is 55.1 Å². The summed E-state index contributed by atoms with van der Waals surface area (Å²) in [7, 11) is 0. The van der Waals surface area contributed by atoms with E-state index in [1.54, 1.807) is 5.43 Å². The molecule has 5 heteroatoms. The highest BCUT2D eigenvalue weighted by Gasteiger charge is 2.69. The van der Waals surface area contributed by atoms with E-state index in [0.717, 1.165) is 0 Å². The molecule has 0 aliphatic heterocycles. The minimum Gasteiger partial charge on any atom is -0.294 e. The van der Waals surface area contributed by atoms with Crippen LogP contribution < -0.4 is 11.3 Å². The second-order valence-corrected chi connectivity index (χ2v) is 2.45. The summed E-state index contributed by atoms with van der Waals surface area (Å²) in [5, 5.41) is 0. The molecule has 1 fully saturated rings. The molecule has 0 heterocycles. The van der Waals surface area contributed by atoms with Gasteiger partial charge in [0.05, 0.1) is 0 Å². The summed E-state index contributed by atoms with van der Waals surface area (Å²) in [4.78, 5) is 10.5. The van der Waals surface area contributed by atoms with Gasteiger partial charge in [-0.3, -0.25) is 10.2 Å². The second kappa shape index (κ2) is 1.88. The second-order valence-electron chi connectivity index (χ2n) is 2.45. The van der Waals surface area contributed by atoms with Gasteiger partial charge in [-0.15, -0.1) is 0 Å². The summed E-state index contributed by atoms with van der Waals surface area (Å²) in [6.45, 7) is 1.32. The predicted molar refractivity (Wildman–Crippen MR) is 29.9 cm³/mol. The molecule has 0 aromatic heterocycles. The lowest BCUT2D eigenvalue weighted by Gasteiger charge is -1.93. The molecule has 58 valence electrons. The first-order valence-electron chi connectivity index (χ1n) is 2.90. The van der Waals surface area contributed by atoms with E-state index >= 15 is 0 Å². The Hall–Kier alpha value is -0.710. The number of amides is 1. The lowest BCUT2D eigenvalue weighted by atomic mass is 10.3. The van der Waals surface area contributed by atoms with E-state index < -0.39 is 23.7 Å². The number of hydrogen-bond acceptors (Lipinski definition) is 2. The third-order valence-corrected chi connectivity index (χ3v) is 1.84. The van der Waals surface area contributed by atoms with Crippen LogP contribution in [0.5, 0.6) is 0 Å². The Labute approximate surface area is 56.5 Å². The Morgan fingerprint density at radius 1 is 1.70 bits per heavy atom. The number of rotatable bonds is 1. The fourth-order valence-electron chi connectivity index (χ4n) is 0.971. The largest absolute Gasteiger partial charge is 0.294 e. The molecule has 0 saturated heterocycles. The maximum Gasteiger partial charge on any atom is 0.263 e. The van der Waals surface area contributed by atoms with Gasteiger partial charge in [0.25, 0.3) is 5.92 Å². The number of alkyl halides is 2. The minimum atomic E-state index is -2.84. The van der Waals surface area contributed by atoms with Crippen molar-refractivity contribution in [3.63, 3.8) is 0 Å². The maximum atomic E-state index is 12.3. The number of hydrogen-bond donors (Lipinski definition) is 2. The van der Waals surface area contributed by atoms with E-state index in [2.05, 4.69) is 5.84 Å². The summed E-state index contributed by atoms with van der Waals surface area (Å²) in [6, 6.07) is 0. The molecule has 1 amide bonds. The summed E-state index contributed by atoms with van der Waals surface area (Å²) >= 11 is 0. The third-order valence-electron chi connectivity index (χ3n) is 1.84. The molecule has 0 bridgehead atoms. The molecule has 1 aliphatic carbocycles. The third kappa shape index (κ3) is 0.775. The van der Waals surface area contributed by atoms with Crippen molar-refractivity contribution in [3.05, 3.63) is 0 Å². The lowest BCUT2D eigenvalue weighted by Crippen LogP contribution is -2.33. The minimum absolute atomic E-state index is 0.780. The Kier molecular flexibility index (Phi) is 1.39. The number of nitrogens with one attached hydrogen (secondary N) is 1. The number of carbonyl (C=O) groups is 1. The van der Waals surface area contributed by atoms with Crippen molar-refractivity contribution in [1.29, 1.82) is 0 Å². The standard InChI is InChI=1S/C5H8F2N2O/c1-2-3(4(10)9-8)5(2,6)7/h2-3H,8H2,1H3,(H,9,10). The van der Waals surface area contributed by atoms with Gasteiger partial charge in [-0.2, -0.15) is 0 Å². The zero-order valence-corrected chi connectivity index (χ0v) is 5.40. The smallest absolute Gasteiger partial charge is 0.263 e. The maximum absolute atomic E-state index is 12.3. The molecule has 1 aliphatic rings. The lowest BCUT2D eigenvalue weighted by molar-refractivity contribution is -0.124. The molecule has 1 rings (SSSR count). The van der Waals surface area contributed by atoms with Crippen LogP contribution in [0.4, 0.5) is 8.78 Å². The summed E-state index contributed by atoms with van der Waals surface area (Å²) in [5.41, 5.74) is 1.69. The van der Waals surface area contributed by atoms with Gasteiger partial charge in [-0.05, 0) is 0 Å². The van der Waals surface area contributed by atoms with Crippen molar-refractivity contribution in [3.8, 4) is 0 Å². The number of carbonyl (C=O) groups excluding carboxylic acids is 1. The average molecular weight is 150 g/mol. The first-order valence-corrected chi connectivity index (χ1v) is 2.90. The van der Waals surface area contributed by atoms with Crippen LogP contribution in [0, 0.1) is 11.8 Å². The van der Waals surface area contributed by atoms with Crippen LogP contribution in [0.1, 0.15) is 6.92 Å². The number of hydrazine groups is 1. The summed E-state index contributed by atoms with van der Waals surface area (Å²) in [6.07, 6.45) is 0. The van der Waals surface area contributed by atoms with E-state index in [9.17, 15) is 13.6 Å². The molecule has 1 saturated carbocycles. The van der Waals surface area contributed by atoms with E-state index in [0.29, 0.717) is 0 Å². The van der Waals surface area contributed by atoms with Crippen molar-refractivity contribution in [2.24, 2.45) is 17.7 Å². The van der Waals surface area contributed by atoms with E-state index in [-0.39, 0.29) is 0 Å². The van der Waals surface area contributed by atoms with E-state index in [1.165, 1.54) is 6.92 Å². The van der Waals surface area contributed by atoms with Crippen LogP contribution in [-0.4, -0.2) is 11.8 Å². The van der Waals surface area contributed by atoms with Crippen molar-refractivity contribution in [2.45, 2.75) is 12.8 Å². The highest BCUT2D eigenvalue weighted by molar-refractivity contribution is 5.82. The molecular weight excluding hydrogens is 142 g/mol. The molecule has 0 aromatic carbocycles. The highest BCUT2D eigenvalue weighted by Crippen LogP contribution is 2.54. The molecule has 2 atom stereocenters. The average Bonchev–Trinajstić information content (AvgIpc) is 2.33. The van der Waals surface area contributed by atoms with Crippen LogP contribution >= 0.6 is 0 Å². The molecular formula is C5H8F2N2O. The number of halogens is 2. The van der Waals surface area contributed by atoms with E-state index in [4.69, 9.17) is 0 Å². The predicted octanol–water partition coefficient (Wildman–Crippen LogP) is -0.122. The van der Waals surface area contributed by atoms with Crippen LogP contribution in [-0.2, 0) is 4.79 Å². The molecule has 10 heavy (non-hydrogen) atoms. The Morgan fingerprint density at radius 2 is 2.10 bits per heavy atom. The zero-order valence-electron chi connectivity index (χ0n) is 5.40. The number of nitrogens with two attached hydrogens (primary N) is 1. The van der Waals surface area contributed by atoms with E-state index in [1.807, 2.05) is 0 Å². The SMILES string of the molecule is CC1C(C(=O)NN)C1(F)F. The molecule has 3 N–H and O–H groups in total. The highest BCUT2D eigenvalue weighted by atomic mass is 19.3. The fourth-order valence-corrected chi connectivity index (χ4v) is 0.971. The first-order chi connectivity index (χ1) is 4.51. The van der Waals surface area contributed by atoms with Gasteiger partial charge in [-0.25, -0.2) is 14.6 Å². The zero-order chi connectivity index (χ0) is 7.94. The van der Waals surface area contributed by atoms with Gasteiger partial charge in [0.2, 0.25) is 5.91 Å². The quantitative estimate of drug-likeness (QED) is 0.311. The van der Waals surface area contributed by atoms with Crippen molar-refractivity contribution < 1.29 is 13.6 Å². The van der Waals surface area contributed by atoms with Crippen LogP contribution in [0.2, 0.25) is 0 Å². The Balaban J connectivity index is 2.57. The summed E-state index contributed by atoms with van der Waals surface area (Å²) < 4.78 is 24.6.